The van der Waals surface area contributed by atoms with Gasteiger partial charge in [-0.1, -0.05) is 60.7 Å². The quantitative estimate of drug-likeness (QED) is 0.621. The fraction of sp³-hybridized carbons (Fsp3) is 0.167. The predicted molar refractivity (Wildman–Crippen MR) is 104 cm³/mol. The minimum absolute atomic E-state index is 0.554. The van der Waals surface area contributed by atoms with Gasteiger partial charge in [-0.15, -0.1) is 0 Å². The van der Waals surface area contributed by atoms with Crippen LogP contribution in [0.2, 0.25) is 0 Å². The van der Waals surface area contributed by atoms with E-state index in [0.717, 1.165) is 11.3 Å². The van der Waals surface area contributed by atoms with Gasteiger partial charge in [0, 0.05) is 11.1 Å². The Morgan fingerprint density at radius 2 is 1.54 bits per heavy atom. The summed E-state index contributed by atoms with van der Waals surface area (Å²) in [6.45, 7) is 2.82. The van der Waals surface area contributed by atoms with E-state index in [0.29, 0.717) is 6.61 Å². The Labute approximate surface area is 153 Å². The fourth-order valence-electron chi connectivity index (χ4n) is 4.48. The molecule has 0 unspecified atom stereocenters. The largest absolute Gasteiger partial charge is 0.497 e. The van der Waals surface area contributed by atoms with Gasteiger partial charge < -0.3 is 9.47 Å². The van der Waals surface area contributed by atoms with Crippen LogP contribution in [-0.2, 0) is 16.9 Å². The van der Waals surface area contributed by atoms with Gasteiger partial charge in [-0.3, -0.25) is 0 Å². The van der Waals surface area contributed by atoms with Crippen molar-refractivity contribution in [1.29, 1.82) is 0 Å². The van der Waals surface area contributed by atoms with Crippen molar-refractivity contribution in [1.82, 2.24) is 0 Å². The van der Waals surface area contributed by atoms with Crippen LogP contribution in [0.4, 0.5) is 0 Å². The summed E-state index contributed by atoms with van der Waals surface area (Å²) in [5, 5.41) is 0. The summed E-state index contributed by atoms with van der Waals surface area (Å²) in [6.07, 6.45) is 0. The van der Waals surface area contributed by atoms with Gasteiger partial charge in [0.05, 0.1) is 13.7 Å². The highest BCUT2D eigenvalue weighted by molar-refractivity contribution is 6.03. The second-order valence-electron chi connectivity index (χ2n) is 6.90. The van der Waals surface area contributed by atoms with Crippen molar-refractivity contribution < 1.29 is 9.47 Å². The first-order valence-corrected chi connectivity index (χ1v) is 8.93. The van der Waals surface area contributed by atoms with Crippen LogP contribution in [0, 0.1) is 0 Å². The molecular formula is C24H20O2. The number of rotatable bonds is 2. The molecule has 0 N–H and O–H groups in total. The van der Waals surface area contributed by atoms with Crippen molar-refractivity contribution in [2.24, 2.45) is 0 Å². The van der Waals surface area contributed by atoms with Crippen LogP contribution in [0.3, 0.4) is 0 Å². The van der Waals surface area contributed by atoms with Gasteiger partial charge >= 0.3 is 0 Å². The maximum Gasteiger partial charge on any atom is 0.145 e. The molecule has 1 atom stereocenters. The zero-order valence-corrected chi connectivity index (χ0v) is 15.0. The first-order valence-electron chi connectivity index (χ1n) is 8.93. The lowest BCUT2D eigenvalue weighted by Crippen LogP contribution is -2.34. The van der Waals surface area contributed by atoms with E-state index in [4.69, 9.17) is 9.47 Å². The number of allylic oxidation sites excluding steroid dienone is 1. The number of hydrogen-bond donors (Lipinski definition) is 0. The van der Waals surface area contributed by atoms with Gasteiger partial charge in [-0.05, 0) is 46.9 Å². The highest BCUT2D eigenvalue weighted by Crippen LogP contribution is 2.58. The summed E-state index contributed by atoms with van der Waals surface area (Å²) in [7, 11) is 1.70. The number of benzene rings is 3. The van der Waals surface area contributed by atoms with Gasteiger partial charge in [0.15, 0.2) is 0 Å². The molecule has 0 spiro atoms. The Bertz CT molecular complexity index is 1030. The van der Waals surface area contributed by atoms with E-state index in [2.05, 4.69) is 67.6 Å². The summed E-state index contributed by atoms with van der Waals surface area (Å²) in [4.78, 5) is 0. The fourth-order valence-corrected chi connectivity index (χ4v) is 4.48. The molecule has 0 fully saturated rings. The van der Waals surface area contributed by atoms with Gasteiger partial charge in [-0.25, -0.2) is 0 Å². The van der Waals surface area contributed by atoms with Crippen LogP contribution >= 0.6 is 0 Å². The SMILES string of the molecule is COc1ccc([C@@]23OCc4ccccc4C2=C(C)c2ccccc23)cc1. The molecule has 128 valence electrons. The van der Waals surface area contributed by atoms with Crippen LogP contribution in [0.15, 0.2) is 72.8 Å². The van der Waals surface area contributed by atoms with E-state index < -0.39 is 5.60 Å². The molecule has 1 aliphatic heterocycles. The van der Waals surface area contributed by atoms with Gasteiger partial charge in [0.1, 0.15) is 11.4 Å². The zero-order valence-electron chi connectivity index (χ0n) is 15.0. The Morgan fingerprint density at radius 1 is 0.846 bits per heavy atom. The molecule has 2 heteroatoms. The molecule has 0 amide bonds. The van der Waals surface area contributed by atoms with Crippen LogP contribution in [0.5, 0.6) is 5.75 Å². The number of fused-ring (bicyclic) bond motifs is 5. The Kier molecular flexibility index (Phi) is 3.31. The lowest BCUT2D eigenvalue weighted by atomic mass is 9.77. The van der Waals surface area contributed by atoms with E-state index in [-0.39, 0.29) is 0 Å². The molecule has 2 nitrogen and oxygen atoms in total. The molecule has 1 aliphatic carbocycles. The third-order valence-electron chi connectivity index (χ3n) is 5.66. The first-order chi connectivity index (χ1) is 12.8. The molecule has 0 saturated heterocycles. The number of hydrogen-bond acceptors (Lipinski definition) is 2. The van der Waals surface area contributed by atoms with Crippen molar-refractivity contribution >= 4 is 11.1 Å². The Balaban J connectivity index is 1.83. The summed E-state index contributed by atoms with van der Waals surface area (Å²) >= 11 is 0. The smallest absolute Gasteiger partial charge is 0.145 e. The van der Waals surface area contributed by atoms with Gasteiger partial charge in [0.25, 0.3) is 0 Å². The van der Waals surface area contributed by atoms with E-state index in [1.165, 1.54) is 33.4 Å². The van der Waals surface area contributed by atoms with E-state index in [1.807, 2.05) is 12.1 Å². The molecule has 3 aromatic carbocycles. The maximum atomic E-state index is 6.67. The second kappa shape index (κ2) is 5.58. The Hall–Kier alpha value is -2.84. The molecule has 1 heterocycles. The zero-order chi connectivity index (χ0) is 17.7. The topological polar surface area (TPSA) is 18.5 Å². The lowest BCUT2D eigenvalue weighted by Gasteiger charge is -2.39. The molecule has 0 radical (unpaired) electrons. The standard InChI is InChI=1S/C24H20O2/c1-16-20-8-5-6-10-22(20)24(18-11-13-19(25-2)14-12-18)23(16)21-9-4-3-7-17(21)15-26-24/h3-14H,15H2,1-2H3/t24-/m0/s1. The average molecular weight is 340 g/mol. The highest BCUT2D eigenvalue weighted by Gasteiger charge is 2.49. The van der Waals surface area contributed by atoms with Crippen LogP contribution < -0.4 is 4.74 Å². The minimum Gasteiger partial charge on any atom is -0.497 e. The van der Waals surface area contributed by atoms with Crippen molar-refractivity contribution in [3.05, 3.63) is 101 Å². The summed E-state index contributed by atoms with van der Waals surface area (Å²) < 4.78 is 12.0. The predicted octanol–water partition coefficient (Wildman–Crippen LogP) is 5.41. The normalized spacial score (nSPS) is 20.4. The van der Waals surface area contributed by atoms with Gasteiger partial charge in [-0.2, -0.15) is 0 Å². The van der Waals surface area contributed by atoms with Gasteiger partial charge in [0.2, 0.25) is 0 Å². The Morgan fingerprint density at radius 3 is 2.31 bits per heavy atom. The van der Waals surface area contributed by atoms with E-state index >= 15 is 0 Å². The maximum absolute atomic E-state index is 6.67. The summed E-state index contributed by atoms with van der Waals surface area (Å²) in [6, 6.07) is 25.5. The molecule has 3 aromatic rings. The van der Waals surface area contributed by atoms with Crippen molar-refractivity contribution in [3.63, 3.8) is 0 Å². The first kappa shape index (κ1) is 15.4. The van der Waals surface area contributed by atoms with Crippen LogP contribution in [0.25, 0.3) is 11.1 Å². The third-order valence-corrected chi connectivity index (χ3v) is 5.66. The molecule has 5 rings (SSSR count). The summed E-state index contributed by atoms with van der Waals surface area (Å²) in [5.41, 5.74) is 8.20. The minimum atomic E-state index is -0.554. The highest BCUT2D eigenvalue weighted by atomic mass is 16.5. The van der Waals surface area contributed by atoms with Crippen molar-refractivity contribution in [3.8, 4) is 5.75 Å². The molecule has 0 bridgehead atoms. The van der Waals surface area contributed by atoms with Crippen molar-refractivity contribution in [2.75, 3.05) is 7.11 Å². The van der Waals surface area contributed by atoms with Crippen molar-refractivity contribution in [2.45, 2.75) is 19.1 Å². The number of methoxy groups -OCH3 is 1. The number of ether oxygens (including phenoxy) is 2. The molecule has 26 heavy (non-hydrogen) atoms. The second-order valence-corrected chi connectivity index (χ2v) is 6.90. The third kappa shape index (κ3) is 1.91. The lowest BCUT2D eigenvalue weighted by molar-refractivity contribution is 0.00886. The molecule has 2 aliphatic rings. The van der Waals surface area contributed by atoms with Crippen LogP contribution in [0.1, 0.15) is 34.7 Å². The molecule has 0 saturated carbocycles. The molecule has 0 aromatic heterocycles. The monoisotopic (exact) mass is 340 g/mol. The van der Waals surface area contributed by atoms with E-state index in [9.17, 15) is 0 Å². The van der Waals surface area contributed by atoms with E-state index in [1.54, 1.807) is 7.11 Å². The van der Waals surface area contributed by atoms with Crippen LogP contribution in [-0.4, -0.2) is 7.11 Å². The average Bonchev–Trinajstić information content (AvgIpc) is 2.98. The summed E-state index contributed by atoms with van der Waals surface area (Å²) in [5.74, 6) is 0.856. The molecular weight excluding hydrogens is 320 g/mol.